The van der Waals surface area contributed by atoms with Gasteiger partial charge in [-0.05, 0) is 83.6 Å². The lowest BCUT2D eigenvalue weighted by atomic mass is 10.1. The van der Waals surface area contributed by atoms with Crippen molar-refractivity contribution in [3.05, 3.63) is 98.6 Å². The summed E-state index contributed by atoms with van der Waals surface area (Å²) in [5.74, 6) is -0.248. The molecule has 0 spiro atoms. The zero-order chi connectivity index (χ0) is 19.9. The standard InChI is InChI=1S/C22H17IN2O3/c1-15-6-10-17(11-7-15)22(27)28-18-12-8-16(9-13-18)14-24-25-21(26)19-4-2-3-5-20(19)23/h2-14H,1H3,(H,25,26). The molecule has 1 N–H and O–H groups in total. The predicted octanol–water partition coefficient (Wildman–Crippen LogP) is 4.58. The molecule has 0 bridgehead atoms. The van der Waals surface area contributed by atoms with E-state index >= 15 is 0 Å². The van der Waals surface area contributed by atoms with Crippen molar-refractivity contribution in [3.8, 4) is 5.75 Å². The largest absolute Gasteiger partial charge is 0.423 e. The van der Waals surface area contributed by atoms with Crippen LogP contribution in [0.4, 0.5) is 0 Å². The van der Waals surface area contributed by atoms with Gasteiger partial charge in [-0.2, -0.15) is 5.10 Å². The molecule has 3 aromatic rings. The van der Waals surface area contributed by atoms with Gasteiger partial charge in [-0.1, -0.05) is 29.8 Å². The Hall–Kier alpha value is -3.00. The minimum Gasteiger partial charge on any atom is -0.423 e. The maximum atomic E-state index is 12.1. The molecule has 0 fully saturated rings. The van der Waals surface area contributed by atoms with Crippen LogP contribution in [0.2, 0.25) is 0 Å². The minimum atomic E-state index is -0.411. The number of hydrazone groups is 1. The van der Waals surface area contributed by atoms with E-state index in [4.69, 9.17) is 4.74 Å². The fourth-order valence-electron chi connectivity index (χ4n) is 2.35. The zero-order valence-electron chi connectivity index (χ0n) is 15.1. The van der Waals surface area contributed by atoms with Crippen LogP contribution < -0.4 is 10.2 Å². The number of hydrogen-bond acceptors (Lipinski definition) is 4. The van der Waals surface area contributed by atoms with Crippen molar-refractivity contribution in [3.63, 3.8) is 0 Å². The van der Waals surface area contributed by atoms with Gasteiger partial charge in [0.15, 0.2) is 0 Å². The van der Waals surface area contributed by atoms with Gasteiger partial charge >= 0.3 is 5.97 Å². The van der Waals surface area contributed by atoms with E-state index in [1.807, 2.05) is 31.2 Å². The van der Waals surface area contributed by atoms with E-state index in [1.54, 1.807) is 48.5 Å². The summed E-state index contributed by atoms with van der Waals surface area (Å²) in [6.45, 7) is 1.96. The molecule has 0 unspecified atom stereocenters. The summed E-state index contributed by atoms with van der Waals surface area (Å²) in [4.78, 5) is 24.2. The normalized spacial score (nSPS) is 10.6. The summed E-state index contributed by atoms with van der Waals surface area (Å²) in [6, 6.07) is 21.3. The highest BCUT2D eigenvalue weighted by molar-refractivity contribution is 14.1. The van der Waals surface area contributed by atoms with Gasteiger partial charge in [-0.15, -0.1) is 0 Å². The Bertz CT molecular complexity index is 1010. The Labute approximate surface area is 176 Å². The third-order valence-electron chi connectivity index (χ3n) is 3.88. The first-order valence-electron chi connectivity index (χ1n) is 8.50. The van der Waals surface area contributed by atoms with Gasteiger partial charge in [0.2, 0.25) is 0 Å². The monoisotopic (exact) mass is 484 g/mol. The first-order valence-corrected chi connectivity index (χ1v) is 9.57. The van der Waals surface area contributed by atoms with Crippen LogP contribution in [-0.2, 0) is 0 Å². The highest BCUT2D eigenvalue weighted by atomic mass is 127. The first kappa shape index (κ1) is 19.8. The third-order valence-corrected chi connectivity index (χ3v) is 4.82. The average Bonchev–Trinajstić information content (AvgIpc) is 2.70. The van der Waals surface area contributed by atoms with Crippen LogP contribution in [0.15, 0.2) is 77.9 Å². The number of carbonyl (C=O) groups excluding carboxylic acids is 2. The number of ether oxygens (including phenoxy) is 1. The molecular weight excluding hydrogens is 467 g/mol. The van der Waals surface area contributed by atoms with Crippen molar-refractivity contribution in [1.29, 1.82) is 0 Å². The summed E-state index contributed by atoms with van der Waals surface area (Å²) in [5.41, 5.74) is 5.40. The second-order valence-electron chi connectivity index (χ2n) is 6.00. The van der Waals surface area contributed by atoms with Gasteiger partial charge < -0.3 is 4.74 Å². The summed E-state index contributed by atoms with van der Waals surface area (Å²) >= 11 is 2.10. The molecule has 3 rings (SSSR count). The van der Waals surface area contributed by atoms with E-state index in [1.165, 1.54) is 6.21 Å². The highest BCUT2D eigenvalue weighted by Crippen LogP contribution is 2.14. The van der Waals surface area contributed by atoms with Crippen LogP contribution in [0.3, 0.4) is 0 Å². The number of rotatable bonds is 5. The maximum Gasteiger partial charge on any atom is 0.343 e. The SMILES string of the molecule is Cc1ccc(C(=O)Oc2ccc(C=NNC(=O)c3ccccc3I)cc2)cc1. The van der Waals surface area contributed by atoms with E-state index < -0.39 is 5.97 Å². The Balaban J connectivity index is 1.57. The van der Waals surface area contributed by atoms with E-state index in [0.717, 1.165) is 14.7 Å². The predicted molar refractivity (Wildman–Crippen MR) is 117 cm³/mol. The van der Waals surface area contributed by atoms with Crippen molar-refractivity contribution in [2.45, 2.75) is 6.92 Å². The number of nitrogens with one attached hydrogen (secondary N) is 1. The van der Waals surface area contributed by atoms with Crippen molar-refractivity contribution in [1.82, 2.24) is 5.43 Å². The lowest BCUT2D eigenvalue weighted by molar-refractivity contribution is 0.0734. The third kappa shape index (κ3) is 5.26. The van der Waals surface area contributed by atoms with E-state index in [-0.39, 0.29) is 5.91 Å². The molecule has 0 aromatic heterocycles. The van der Waals surface area contributed by atoms with Crippen molar-refractivity contribution < 1.29 is 14.3 Å². The van der Waals surface area contributed by atoms with E-state index in [2.05, 4.69) is 33.1 Å². The van der Waals surface area contributed by atoms with Crippen molar-refractivity contribution in [2.75, 3.05) is 0 Å². The maximum absolute atomic E-state index is 12.1. The molecule has 0 heterocycles. The number of amides is 1. The lowest BCUT2D eigenvalue weighted by Gasteiger charge is -2.05. The van der Waals surface area contributed by atoms with Crippen molar-refractivity contribution in [2.24, 2.45) is 5.10 Å². The van der Waals surface area contributed by atoms with Gasteiger partial charge in [0, 0.05) is 3.57 Å². The molecule has 0 atom stereocenters. The van der Waals surface area contributed by atoms with Gasteiger partial charge in [0.1, 0.15) is 5.75 Å². The second kappa shape index (κ2) is 9.27. The molecule has 6 heteroatoms. The van der Waals surface area contributed by atoms with Gasteiger partial charge in [0.05, 0.1) is 17.3 Å². The van der Waals surface area contributed by atoms with Gasteiger partial charge in [0.25, 0.3) is 5.91 Å². The molecular formula is C22H17IN2O3. The molecule has 0 saturated heterocycles. The van der Waals surface area contributed by atoms with Crippen LogP contribution in [0.5, 0.6) is 5.75 Å². The summed E-state index contributed by atoms with van der Waals surface area (Å²) in [5, 5.41) is 3.97. The average molecular weight is 484 g/mol. The summed E-state index contributed by atoms with van der Waals surface area (Å²) < 4.78 is 6.21. The van der Waals surface area contributed by atoms with Crippen LogP contribution in [0.25, 0.3) is 0 Å². The Morgan fingerprint density at radius 2 is 1.64 bits per heavy atom. The molecule has 0 aliphatic carbocycles. The molecule has 5 nitrogen and oxygen atoms in total. The number of esters is 1. The Morgan fingerprint density at radius 3 is 2.32 bits per heavy atom. The lowest BCUT2D eigenvalue weighted by Crippen LogP contribution is -2.18. The fourth-order valence-corrected chi connectivity index (χ4v) is 2.98. The molecule has 3 aromatic carbocycles. The zero-order valence-corrected chi connectivity index (χ0v) is 17.2. The molecule has 140 valence electrons. The molecule has 0 aliphatic rings. The molecule has 1 amide bonds. The van der Waals surface area contributed by atoms with Crippen LogP contribution in [0, 0.1) is 10.5 Å². The topological polar surface area (TPSA) is 67.8 Å². The number of aryl methyl sites for hydroxylation is 1. The highest BCUT2D eigenvalue weighted by Gasteiger charge is 2.09. The minimum absolute atomic E-state index is 0.273. The first-order chi connectivity index (χ1) is 13.5. The second-order valence-corrected chi connectivity index (χ2v) is 7.17. The summed E-state index contributed by atoms with van der Waals surface area (Å²) in [7, 11) is 0. The van der Waals surface area contributed by atoms with Gasteiger partial charge in [-0.25, -0.2) is 10.2 Å². The quantitative estimate of drug-likeness (QED) is 0.190. The van der Waals surface area contributed by atoms with E-state index in [9.17, 15) is 9.59 Å². The number of halogens is 1. The molecule has 0 radical (unpaired) electrons. The fraction of sp³-hybridized carbons (Fsp3) is 0.0455. The summed E-state index contributed by atoms with van der Waals surface area (Å²) in [6.07, 6.45) is 1.53. The van der Waals surface area contributed by atoms with Crippen LogP contribution in [-0.4, -0.2) is 18.1 Å². The Morgan fingerprint density at radius 1 is 0.964 bits per heavy atom. The Kier molecular flexibility index (Phi) is 6.54. The molecule has 0 aliphatic heterocycles. The number of carbonyl (C=O) groups is 2. The smallest absolute Gasteiger partial charge is 0.343 e. The number of hydrogen-bond donors (Lipinski definition) is 1. The molecule has 28 heavy (non-hydrogen) atoms. The van der Waals surface area contributed by atoms with Crippen LogP contribution in [0.1, 0.15) is 31.8 Å². The molecule has 0 saturated carbocycles. The van der Waals surface area contributed by atoms with E-state index in [0.29, 0.717) is 16.9 Å². The van der Waals surface area contributed by atoms with Crippen molar-refractivity contribution >= 4 is 40.7 Å². The number of benzene rings is 3. The number of nitrogens with zero attached hydrogens (tertiary/aromatic N) is 1. The van der Waals surface area contributed by atoms with Gasteiger partial charge in [-0.3, -0.25) is 4.79 Å². The van der Waals surface area contributed by atoms with Crippen LogP contribution >= 0.6 is 22.6 Å².